The normalized spacial score (nSPS) is 12.3. The molecule has 0 spiro atoms. The van der Waals surface area contributed by atoms with Gasteiger partial charge in [-0.3, -0.25) is 16.3 Å². The number of hydrazine groups is 1. The Balaban J connectivity index is 2.09. The van der Waals surface area contributed by atoms with Crippen LogP contribution >= 0.6 is 11.3 Å². The maximum absolute atomic E-state index is 5.66. The molecular weight excluding hydrogens is 258 g/mol. The zero-order valence-corrected chi connectivity index (χ0v) is 11.8. The first kappa shape index (κ1) is 14.0. The molecule has 0 radical (unpaired) electrons. The van der Waals surface area contributed by atoms with Gasteiger partial charge in [0.25, 0.3) is 0 Å². The Morgan fingerprint density at radius 2 is 2.37 bits per heavy atom. The molecule has 5 heteroatoms. The van der Waals surface area contributed by atoms with Crippen LogP contribution in [0.3, 0.4) is 0 Å². The van der Waals surface area contributed by atoms with E-state index in [0.29, 0.717) is 0 Å². The number of nitrogens with two attached hydrogens (primary N) is 1. The molecule has 0 amide bonds. The first-order valence-electron chi connectivity index (χ1n) is 6.39. The molecule has 0 aliphatic carbocycles. The van der Waals surface area contributed by atoms with Gasteiger partial charge in [-0.05, 0) is 24.1 Å². The minimum atomic E-state index is 0.0747. The van der Waals surface area contributed by atoms with Crippen LogP contribution in [0.4, 0.5) is 0 Å². The highest BCUT2D eigenvalue weighted by Gasteiger charge is 2.12. The largest absolute Gasteiger partial charge is 0.494 e. The topological polar surface area (TPSA) is 60.2 Å². The monoisotopic (exact) mass is 277 g/mol. The van der Waals surface area contributed by atoms with Crippen LogP contribution in [0.15, 0.2) is 36.0 Å². The molecule has 0 fully saturated rings. The van der Waals surface area contributed by atoms with Crippen molar-refractivity contribution in [2.24, 2.45) is 5.84 Å². The van der Waals surface area contributed by atoms with Gasteiger partial charge in [-0.1, -0.05) is 19.1 Å². The van der Waals surface area contributed by atoms with Gasteiger partial charge in [0, 0.05) is 17.5 Å². The summed E-state index contributed by atoms with van der Waals surface area (Å²) in [6, 6.07) is 8.15. The zero-order chi connectivity index (χ0) is 13.5. The lowest BCUT2D eigenvalue weighted by Crippen LogP contribution is -2.29. The van der Waals surface area contributed by atoms with E-state index in [1.165, 1.54) is 4.88 Å². The van der Waals surface area contributed by atoms with Crippen LogP contribution in [0.25, 0.3) is 0 Å². The fourth-order valence-corrected chi connectivity index (χ4v) is 2.50. The SMILES string of the molecule is CCCOc1cccc(C(Cc2cncs2)NN)c1. The minimum absolute atomic E-state index is 0.0747. The Morgan fingerprint density at radius 3 is 3.05 bits per heavy atom. The fraction of sp³-hybridized carbons (Fsp3) is 0.357. The second kappa shape index (κ2) is 7.23. The molecule has 1 aromatic carbocycles. The summed E-state index contributed by atoms with van der Waals surface area (Å²) in [5.74, 6) is 6.56. The average Bonchev–Trinajstić information content (AvgIpc) is 2.96. The second-order valence-corrected chi connectivity index (χ2v) is 5.28. The van der Waals surface area contributed by atoms with Crippen molar-refractivity contribution in [3.8, 4) is 5.75 Å². The summed E-state index contributed by atoms with van der Waals surface area (Å²) in [5.41, 5.74) is 5.83. The summed E-state index contributed by atoms with van der Waals surface area (Å²) in [7, 11) is 0. The van der Waals surface area contributed by atoms with Gasteiger partial charge < -0.3 is 4.74 Å². The molecule has 0 bridgehead atoms. The third-order valence-corrected chi connectivity index (χ3v) is 3.63. The van der Waals surface area contributed by atoms with E-state index in [0.717, 1.165) is 30.8 Å². The van der Waals surface area contributed by atoms with Crippen LogP contribution < -0.4 is 16.0 Å². The molecule has 102 valence electrons. The minimum Gasteiger partial charge on any atom is -0.494 e. The van der Waals surface area contributed by atoms with Crippen LogP contribution in [0.2, 0.25) is 0 Å². The molecule has 1 atom stereocenters. The summed E-state index contributed by atoms with van der Waals surface area (Å²) < 4.78 is 5.65. The first-order valence-corrected chi connectivity index (χ1v) is 7.27. The number of benzene rings is 1. The van der Waals surface area contributed by atoms with Gasteiger partial charge in [0.1, 0.15) is 5.75 Å². The van der Waals surface area contributed by atoms with Crippen molar-refractivity contribution in [2.45, 2.75) is 25.8 Å². The molecule has 0 aliphatic heterocycles. The fourth-order valence-electron chi connectivity index (χ4n) is 1.86. The molecule has 0 saturated heterocycles. The van der Waals surface area contributed by atoms with E-state index in [1.54, 1.807) is 11.3 Å². The van der Waals surface area contributed by atoms with Gasteiger partial charge in [-0.2, -0.15) is 0 Å². The van der Waals surface area contributed by atoms with Crippen molar-refractivity contribution in [1.82, 2.24) is 10.4 Å². The number of nitrogens with one attached hydrogen (secondary N) is 1. The third kappa shape index (κ3) is 4.02. The number of ether oxygens (including phenoxy) is 1. The standard InChI is InChI=1S/C14H19N3OS/c1-2-6-18-12-5-3-4-11(7-12)14(17-15)8-13-9-16-10-19-13/h3-5,7,9-10,14,17H,2,6,8,15H2,1H3. The maximum atomic E-state index is 5.66. The Labute approximate surface area is 117 Å². The van der Waals surface area contributed by atoms with E-state index in [4.69, 9.17) is 10.6 Å². The zero-order valence-electron chi connectivity index (χ0n) is 11.0. The molecule has 3 N–H and O–H groups in total. The van der Waals surface area contributed by atoms with Crippen LogP contribution in [0, 0.1) is 0 Å². The van der Waals surface area contributed by atoms with Gasteiger partial charge in [0.15, 0.2) is 0 Å². The Morgan fingerprint density at radius 1 is 1.47 bits per heavy atom. The summed E-state index contributed by atoms with van der Waals surface area (Å²) in [5, 5.41) is 0. The van der Waals surface area contributed by atoms with Crippen molar-refractivity contribution in [1.29, 1.82) is 0 Å². The number of hydrogen-bond donors (Lipinski definition) is 2. The molecule has 2 aromatic rings. The summed E-state index contributed by atoms with van der Waals surface area (Å²) in [6.07, 6.45) is 3.72. The second-order valence-electron chi connectivity index (χ2n) is 4.31. The van der Waals surface area contributed by atoms with E-state index in [2.05, 4.69) is 23.4 Å². The van der Waals surface area contributed by atoms with E-state index >= 15 is 0 Å². The van der Waals surface area contributed by atoms with Crippen molar-refractivity contribution in [3.63, 3.8) is 0 Å². The first-order chi connectivity index (χ1) is 9.33. The number of thiazole rings is 1. The smallest absolute Gasteiger partial charge is 0.119 e. The number of hydrogen-bond acceptors (Lipinski definition) is 5. The van der Waals surface area contributed by atoms with Crippen molar-refractivity contribution < 1.29 is 4.74 Å². The van der Waals surface area contributed by atoms with Gasteiger partial charge in [-0.25, -0.2) is 0 Å². The van der Waals surface area contributed by atoms with Crippen LogP contribution in [0.1, 0.15) is 29.8 Å². The maximum Gasteiger partial charge on any atom is 0.119 e. The van der Waals surface area contributed by atoms with Gasteiger partial charge in [-0.15, -0.1) is 11.3 Å². The van der Waals surface area contributed by atoms with E-state index in [1.807, 2.05) is 29.9 Å². The number of rotatable bonds is 7. The van der Waals surface area contributed by atoms with E-state index in [9.17, 15) is 0 Å². The van der Waals surface area contributed by atoms with Gasteiger partial charge in [0.05, 0.1) is 18.2 Å². The summed E-state index contributed by atoms with van der Waals surface area (Å²) >= 11 is 1.64. The van der Waals surface area contributed by atoms with E-state index in [-0.39, 0.29) is 6.04 Å². The molecule has 1 heterocycles. The van der Waals surface area contributed by atoms with Gasteiger partial charge >= 0.3 is 0 Å². The lowest BCUT2D eigenvalue weighted by molar-refractivity contribution is 0.316. The Kier molecular flexibility index (Phi) is 5.32. The summed E-state index contributed by atoms with van der Waals surface area (Å²) in [6.45, 7) is 2.83. The van der Waals surface area contributed by atoms with Crippen LogP contribution in [-0.4, -0.2) is 11.6 Å². The molecule has 2 rings (SSSR count). The lowest BCUT2D eigenvalue weighted by Gasteiger charge is -2.16. The number of nitrogens with zero attached hydrogens (tertiary/aromatic N) is 1. The molecule has 1 unspecified atom stereocenters. The number of aromatic nitrogens is 1. The quantitative estimate of drug-likeness (QED) is 0.603. The Hall–Kier alpha value is -1.43. The van der Waals surface area contributed by atoms with Crippen molar-refractivity contribution >= 4 is 11.3 Å². The molecule has 19 heavy (non-hydrogen) atoms. The lowest BCUT2D eigenvalue weighted by atomic mass is 10.0. The highest BCUT2D eigenvalue weighted by molar-refractivity contribution is 7.09. The predicted octanol–water partition coefficient (Wildman–Crippen LogP) is 2.68. The Bertz CT molecular complexity index is 487. The highest BCUT2D eigenvalue weighted by Crippen LogP contribution is 2.23. The van der Waals surface area contributed by atoms with Crippen molar-refractivity contribution in [3.05, 3.63) is 46.4 Å². The van der Waals surface area contributed by atoms with E-state index < -0.39 is 0 Å². The third-order valence-electron chi connectivity index (χ3n) is 2.82. The highest BCUT2D eigenvalue weighted by atomic mass is 32.1. The van der Waals surface area contributed by atoms with Crippen LogP contribution in [-0.2, 0) is 6.42 Å². The average molecular weight is 277 g/mol. The molecule has 0 saturated carbocycles. The summed E-state index contributed by atoms with van der Waals surface area (Å²) in [4.78, 5) is 5.30. The van der Waals surface area contributed by atoms with Crippen LogP contribution in [0.5, 0.6) is 5.75 Å². The molecular formula is C14H19N3OS. The molecule has 1 aromatic heterocycles. The predicted molar refractivity (Wildman–Crippen MR) is 78.1 cm³/mol. The molecule has 4 nitrogen and oxygen atoms in total. The molecule has 0 aliphatic rings. The van der Waals surface area contributed by atoms with Gasteiger partial charge in [0.2, 0.25) is 0 Å². The van der Waals surface area contributed by atoms with Crippen molar-refractivity contribution in [2.75, 3.05) is 6.61 Å².